The van der Waals surface area contributed by atoms with Gasteiger partial charge in [0, 0.05) is 23.3 Å². The number of aromatic nitrogens is 2. The molecule has 0 aliphatic carbocycles. The van der Waals surface area contributed by atoms with Crippen LogP contribution in [0.15, 0.2) is 30.5 Å². The smallest absolute Gasteiger partial charge is 0.220 e. The van der Waals surface area contributed by atoms with E-state index in [4.69, 9.17) is 17.3 Å². The first kappa shape index (κ1) is 14.2. The molecule has 1 aliphatic heterocycles. The number of hydrogen-bond donors (Lipinski definition) is 1. The monoisotopic (exact) mass is 324 g/mol. The molecular weight excluding hydrogens is 312 g/mol. The van der Waals surface area contributed by atoms with Crippen LogP contribution in [0, 0.1) is 0 Å². The van der Waals surface area contributed by atoms with Gasteiger partial charge < -0.3 is 5.73 Å². The Hall–Kier alpha value is -1.70. The molecule has 0 unspecified atom stereocenters. The Morgan fingerprint density at radius 3 is 2.90 bits per heavy atom. The number of sulfonamides is 1. The van der Waals surface area contributed by atoms with Crippen LogP contribution < -0.4 is 5.73 Å². The van der Waals surface area contributed by atoms with Crippen molar-refractivity contribution in [1.82, 2.24) is 14.3 Å². The molecule has 0 amide bonds. The summed E-state index contributed by atoms with van der Waals surface area (Å²) in [5.41, 5.74) is 7.63. The summed E-state index contributed by atoms with van der Waals surface area (Å²) >= 11 is 5.88. The van der Waals surface area contributed by atoms with Crippen molar-refractivity contribution in [3.05, 3.63) is 52.3 Å². The van der Waals surface area contributed by atoms with Gasteiger partial charge in [0.2, 0.25) is 16.0 Å². The van der Waals surface area contributed by atoms with Crippen molar-refractivity contribution in [2.75, 3.05) is 5.73 Å². The Kier molecular flexibility index (Phi) is 3.56. The van der Waals surface area contributed by atoms with Crippen molar-refractivity contribution in [3.63, 3.8) is 0 Å². The van der Waals surface area contributed by atoms with Gasteiger partial charge in [-0.1, -0.05) is 23.7 Å². The van der Waals surface area contributed by atoms with Crippen LogP contribution in [0.1, 0.15) is 16.8 Å². The largest absolute Gasteiger partial charge is 0.368 e. The summed E-state index contributed by atoms with van der Waals surface area (Å²) in [6.45, 7) is 0.503. The summed E-state index contributed by atoms with van der Waals surface area (Å²) < 4.78 is 26.3. The molecular formula is C13H13ClN4O2S. The molecule has 110 valence electrons. The molecule has 2 N–H and O–H groups in total. The summed E-state index contributed by atoms with van der Waals surface area (Å²) in [5.74, 6) is 0.0626. The minimum Gasteiger partial charge on any atom is -0.368 e. The normalized spacial score (nSPS) is 15.1. The number of hydrogen-bond acceptors (Lipinski definition) is 5. The van der Waals surface area contributed by atoms with Gasteiger partial charge in [-0.3, -0.25) is 0 Å². The third-order valence-corrected chi connectivity index (χ3v) is 5.26. The van der Waals surface area contributed by atoms with E-state index in [1.165, 1.54) is 4.31 Å². The number of benzene rings is 1. The SMILES string of the molecule is Nc1ncc2c(n1)CN(S(=O)(=O)Cc1cccc(Cl)c1)C2. The van der Waals surface area contributed by atoms with Crippen molar-refractivity contribution < 1.29 is 8.42 Å². The van der Waals surface area contributed by atoms with Crippen LogP contribution in [-0.2, 0) is 28.9 Å². The van der Waals surface area contributed by atoms with E-state index < -0.39 is 10.0 Å². The fourth-order valence-corrected chi connectivity index (χ4v) is 3.92. The van der Waals surface area contributed by atoms with Crippen LogP contribution in [0.5, 0.6) is 0 Å². The van der Waals surface area contributed by atoms with Crippen molar-refractivity contribution >= 4 is 27.6 Å². The van der Waals surface area contributed by atoms with E-state index in [2.05, 4.69) is 9.97 Å². The topological polar surface area (TPSA) is 89.2 Å². The molecule has 8 heteroatoms. The van der Waals surface area contributed by atoms with E-state index >= 15 is 0 Å². The summed E-state index contributed by atoms with van der Waals surface area (Å²) in [5, 5.41) is 0.519. The molecule has 1 aromatic carbocycles. The zero-order valence-corrected chi connectivity index (χ0v) is 12.6. The van der Waals surface area contributed by atoms with Crippen LogP contribution in [0.25, 0.3) is 0 Å². The van der Waals surface area contributed by atoms with Crippen molar-refractivity contribution in [2.45, 2.75) is 18.8 Å². The lowest BCUT2D eigenvalue weighted by Crippen LogP contribution is -2.27. The Morgan fingerprint density at radius 2 is 2.14 bits per heavy atom. The zero-order chi connectivity index (χ0) is 15.0. The van der Waals surface area contributed by atoms with Gasteiger partial charge in [-0.25, -0.2) is 18.4 Å². The fourth-order valence-electron chi connectivity index (χ4n) is 2.26. The summed E-state index contributed by atoms with van der Waals surface area (Å²) in [6.07, 6.45) is 1.58. The maximum Gasteiger partial charge on any atom is 0.220 e. The number of nitrogen functional groups attached to an aromatic ring is 1. The molecule has 2 aromatic rings. The van der Waals surface area contributed by atoms with Crippen LogP contribution in [0.3, 0.4) is 0 Å². The molecule has 0 saturated carbocycles. The Bertz CT molecular complexity index is 795. The summed E-state index contributed by atoms with van der Waals surface area (Å²) in [4.78, 5) is 7.97. The number of fused-ring (bicyclic) bond motifs is 1. The molecule has 21 heavy (non-hydrogen) atoms. The number of nitrogens with zero attached hydrogens (tertiary/aromatic N) is 3. The average molecular weight is 325 g/mol. The summed E-state index contributed by atoms with van der Waals surface area (Å²) in [6, 6.07) is 6.84. The second-order valence-electron chi connectivity index (χ2n) is 4.85. The van der Waals surface area contributed by atoms with Crippen LogP contribution >= 0.6 is 11.6 Å². The fraction of sp³-hybridized carbons (Fsp3) is 0.231. The highest BCUT2D eigenvalue weighted by Crippen LogP contribution is 2.25. The Labute approximate surface area is 127 Å². The first-order chi connectivity index (χ1) is 9.94. The van der Waals surface area contributed by atoms with Crippen molar-refractivity contribution in [1.29, 1.82) is 0 Å². The lowest BCUT2D eigenvalue weighted by atomic mass is 10.2. The van der Waals surface area contributed by atoms with E-state index in [9.17, 15) is 8.42 Å². The minimum absolute atomic E-state index is 0.0928. The van der Waals surface area contributed by atoms with E-state index in [0.29, 0.717) is 16.3 Å². The quantitative estimate of drug-likeness (QED) is 0.925. The van der Waals surface area contributed by atoms with Gasteiger partial charge in [0.25, 0.3) is 0 Å². The molecule has 0 radical (unpaired) electrons. The lowest BCUT2D eigenvalue weighted by Gasteiger charge is -2.15. The third-order valence-electron chi connectivity index (χ3n) is 3.28. The molecule has 0 fully saturated rings. The van der Waals surface area contributed by atoms with E-state index in [-0.39, 0.29) is 24.8 Å². The molecule has 3 rings (SSSR count). The van der Waals surface area contributed by atoms with Gasteiger partial charge >= 0.3 is 0 Å². The average Bonchev–Trinajstić information content (AvgIpc) is 2.82. The Morgan fingerprint density at radius 1 is 1.33 bits per heavy atom. The molecule has 0 spiro atoms. The van der Waals surface area contributed by atoms with Gasteiger partial charge in [0.15, 0.2) is 0 Å². The molecule has 0 atom stereocenters. The first-order valence-corrected chi connectivity index (χ1v) is 8.25. The van der Waals surface area contributed by atoms with E-state index in [0.717, 1.165) is 5.56 Å². The summed E-state index contributed by atoms with van der Waals surface area (Å²) in [7, 11) is -3.44. The first-order valence-electron chi connectivity index (χ1n) is 6.26. The second-order valence-corrected chi connectivity index (χ2v) is 7.26. The number of nitrogens with two attached hydrogens (primary N) is 1. The molecule has 1 aromatic heterocycles. The van der Waals surface area contributed by atoms with Gasteiger partial charge in [-0.05, 0) is 17.7 Å². The predicted octanol–water partition coefficient (Wildman–Crippen LogP) is 1.56. The maximum atomic E-state index is 12.5. The number of rotatable bonds is 3. The van der Waals surface area contributed by atoms with Crippen LogP contribution in [0.2, 0.25) is 5.02 Å². The van der Waals surface area contributed by atoms with Crippen LogP contribution in [-0.4, -0.2) is 22.7 Å². The Balaban J connectivity index is 1.81. The number of halogens is 1. The van der Waals surface area contributed by atoms with Crippen molar-refractivity contribution in [3.8, 4) is 0 Å². The molecule has 1 aliphatic rings. The number of anilines is 1. The molecule has 2 heterocycles. The highest BCUT2D eigenvalue weighted by molar-refractivity contribution is 7.88. The predicted molar refractivity (Wildman–Crippen MR) is 79.8 cm³/mol. The lowest BCUT2D eigenvalue weighted by molar-refractivity contribution is 0.429. The van der Waals surface area contributed by atoms with Crippen molar-refractivity contribution in [2.24, 2.45) is 0 Å². The van der Waals surface area contributed by atoms with Crippen LogP contribution in [0.4, 0.5) is 5.95 Å². The van der Waals surface area contributed by atoms with Gasteiger partial charge in [0.1, 0.15) is 0 Å². The van der Waals surface area contributed by atoms with Gasteiger partial charge in [-0.15, -0.1) is 0 Å². The minimum atomic E-state index is -3.44. The van der Waals surface area contributed by atoms with E-state index in [1.807, 2.05) is 0 Å². The molecule has 0 bridgehead atoms. The third kappa shape index (κ3) is 2.99. The zero-order valence-electron chi connectivity index (χ0n) is 11.0. The van der Waals surface area contributed by atoms with Gasteiger partial charge in [0.05, 0.1) is 18.0 Å². The maximum absolute atomic E-state index is 12.5. The second kappa shape index (κ2) is 5.25. The molecule has 0 saturated heterocycles. The molecule has 6 nitrogen and oxygen atoms in total. The van der Waals surface area contributed by atoms with E-state index in [1.54, 1.807) is 30.5 Å². The highest BCUT2D eigenvalue weighted by atomic mass is 35.5. The highest BCUT2D eigenvalue weighted by Gasteiger charge is 2.30. The standard InChI is InChI=1S/C13H13ClN4O2S/c14-11-3-1-2-9(4-11)8-21(19,20)18-6-10-5-16-13(15)17-12(10)7-18/h1-5H,6-8H2,(H2,15,16,17). The van der Waals surface area contributed by atoms with Gasteiger partial charge in [-0.2, -0.15) is 4.31 Å².